The number of carbonyl (C=O) groups is 1. The molecule has 0 aliphatic rings. The van der Waals surface area contributed by atoms with E-state index in [1.165, 1.54) is 11.3 Å². The van der Waals surface area contributed by atoms with Gasteiger partial charge in [-0.05, 0) is 12.1 Å². The molecule has 0 fully saturated rings. The van der Waals surface area contributed by atoms with Crippen molar-refractivity contribution in [1.82, 2.24) is 4.98 Å². The van der Waals surface area contributed by atoms with Gasteiger partial charge in [0.2, 0.25) is 0 Å². The fraction of sp³-hybridized carbons (Fsp3) is 0.286. The number of ketones is 1. The molecule has 100 valence electrons. The summed E-state index contributed by atoms with van der Waals surface area (Å²) in [5, 5.41) is 0.802. The van der Waals surface area contributed by atoms with Crippen LogP contribution in [0.4, 0.5) is 0 Å². The van der Waals surface area contributed by atoms with Crippen LogP contribution in [0.25, 0.3) is 10.6 Å². The topological polar surface area (TPSA) is 48.4 Å². The Hall–Kier alpha value is -1.72. The first-order chi connectivity index (χ1) is 9.15. The van der Waals surface area contributed by atoms with Crippen LogP contribution in [0.5, 0.6) is 5.75 Å². The summed E-state index contributed by atoms with van der Waals surface area (Å²) in [5.41, 5.74) is 1.63. The molecule has 1 aromatic carbocycles. The summed E-state index contributed by atoms with van der Waals surface area (Å²) in [6.45, 7) is 1.89. The molecular weight excluding hydrogens is 262 g/mol. The number of hydrogen-bond acceptors (Lipinski definition) is 5. The molecule has 5 heteroatoms. The Morgan fingerprint density at radius 1 is 1.37 bits per heavy atom. The lowest BCUT2D eigenvalue weighted by molar-refractivity contribution is 0.101. The Bertz CT molecular complexity index is 592. The van der Waals surface area contributed by atoms with Gasteiger partial charge in [0.25, 0.3) is 0 Å². The van der Waals surface area contributed by atoms with Crippen molar-refractivity contribution in [3.05, 3.63) is 34.8 Å². The number of Topliss-reactive ketones (excluding diaryl/α,β-unsaturated/α-hetero) is 1. The minimum Gasteiger partial charge on any atom is -0.497 e. The van der Waals surface area contributed by atoms with E-state index in [0.717, 1.165) is 16.3 Å². The first-order valence-electron chi connectivity index (χ1n) is 5.79. The van der Waals surface area contributed by atoms with E-state index in [0.29, 0.717) is 17.2 Å². The third-order valence-corrected chi connectivity index (χ3v) is 3.86. The minimum absolute atomic E-state index is 0.0127. The number of thiazole rings is 1. The molecule has 0 aliphatic carbocycles. The van der Waals surface area contributed by atoms with Gasteiger partial charge in [-0.2, -0.15) is 0 Å². The van der Waals surface area contributed by atoms with E-state index < -0.39 is 0 Å². The lowest BCUT2D eigenvalue weighted by atomic mass is 10.2. The molecule has 4 nitrogen and oxygen atoms in total. The number of carbonyl (C=O) groups excluding carboxylic acids is 1. The SMILES string of the molecule is COCc1nc(-c2cccc(OC)c2)sc1C(C)=O. The van der Waals surface area contributed by atoms with Gasteiger partial charge in [0.1, 0.15) is 10.8 Å². The minimum atomic E-state index is 0.0127. The number of ether oxygens (including phenoxy) is 2. The second-order valence-electron chi connectivity index (χ2n) is 4.02. The first kappa shape index (κ1) is 13.7. The Morgan fingerprint density at radius 2 is 2.16 bits per heavy atom. The summed E-state index contributed by atoms with van der Waals surface area (Å²) < 4.78 is 10.3. The van der Waals surface area contributed by atoms with Crippen LogP contribution in [0, 0.1) is 0 Å². The monoisotopic (exact) mass is 277 g/mol. The zero-order chi connectivity index (χ0) is 13.8. The summed E-state index contributed by atoms with van der Waals surface area (Å²) in [6, 6.07) is 7.62. The van der Waals surface area contributed by atoms with Gasteiger partial charge in [-0.25, -0.2) is 4.98 Å². The van der Waals surface area contributed by atoms with Crippen LogP contribution >= 0.6 is 11.3 Å². The molecule has 2 aromatic rings. The number of benzene rings is 1. The van der Waals surface area contributed by atoms with Gasteiger partial charge in [0.15, 0.2) is 5.78 Å². The molecule has 0 saturated heterocycles. The van der Waals surface area contributed by atoms with Gasteiger partial charge in [-0.3, -0.25) is 4.79 Å². The molecule has 2 rings (SSSR count). The standard InChI is InChI=1S/C14H15NO3S/c1-9(16)13-12(8-17-2)15-14(19-13)10-5-4-6-11(7-10)18-3/h4-7H,8H2,1-3H3. The van der Waals surface area contributed by atoms with Crippen molar-refractivity contribution in [2.24, 2.45) is 0 Å². The number of methoxy groups -OCH3 is 2. The van der Waals surface area contributed by atoms with Crippen LogP contribution in [0.15, 0.2) is 24.3 Å². The number of hydrogen-bond donors (Lipinski definition) is 0. The predicted molar refractivity (Wildman–Crippen MR) is 74.8 cm³/mol. The van der Waals surface area contributed by atoms with Gasteiger partial charge in [-0.1, -0.05) is 12.1 Å². The maximum Gasteiger partial charge on any atom is 0.171 e. The largest absolute Gasteiger partial charge is 0.497 e. The van der Waals surface area contributed by atoms with Crippen molar-refractivity contribution in [2.75, 3.05) is 14.2 Å². The quantitative estimate of drug-likeness (QED) is 0.788. The van der Waals surface area contributed by atoms with E-state index in [-0.39, 0.29) is 5.78 Å². The zero-order valence-corrected chi connectivity index (χ0v) is 11.9. The molecule has 0 unspecified atom stereocenters. The maximum atomic E-state index is 11.6. The van der Waals surface area contributed by atoms with E-state index in [1.807, 2.05) is 24.3 Å². The fourth-order valence-electron chi connectivity index (χ4n) is 1.74. The molecule has 0 N–H and O–H groups in total. The van der Waals surface area contributed by atoms with Gasteiger partial charge >= 0.3 is 0 Å². The first-order valence-corrected chi connectivity index (χ1v) is 6.61. The second kappa shape index (κ2) is 5.95. The van der Waals surface area contributed by atoms with Gasteiger partial charge in [0.05, 0.1) is 24.3 Å². The van der Waals surface area contributed by atoms with Crippen molar-refractivity contribution in [1.29, 1.82) is 0 Å². The molecule has 19 heavy (non-hydrogen) atoms. The third kappa shape index (κ3) is 3.00. The van der Waals surface area contributed by atoms with Gasteiger partial charge in [0, 0.05) is 19.6 Å². The molecule has 0 aliphatic heterocycles. The zero-order valence-electron chi connectivity index (χ0n) is 11.1. The number of rotatable bonds is 5. The Balaban J connectivity index is 2.44. The molecule has 1 aromatic heterocycles. The van der Waals surface area contributed by atoms with Crippen molar-refractivity contribution < 1.29 is 14.3 Å². The normalized spacial score (nSPS) is 10.5. The van der Waals surface area contributed by atoms with E-state index in [2.05, 4.69) is 4.98 Å². The predicted octanol–water partition coefficient (Wildman–Crippen LogP) is 3.17. The van der Waals surface area contributed by atoms with E-state index in [9.17, 15) is 4.79 Å². The molecule has 0 atom stereocenters. The Kier molecular flexibility index (Phi) is 4.29. The summed E-state index contributed by atoms with van der Waals surface area (Å²) >= 11 is 1.38. The van der Waals surface area contributed by atoms with Crippen LogP contribution in [-0.2, 0) is 11.3 Å². The number of nitrogens with zero attached hydrogens (tertiary/aromatic N) is 1. The van der Waals surface area contributed by atoms with Gasteiger partial charge in [-0.15, -0.1) is 11.3 Å². The molecule has 1 heterocycles. The van der Waals surface area contributed by atoms with Crippen LogP contribution in [-0.4, -0.2) is 25.0 Å². The lowest BCUT2D eigenvalue weighted by Gasteiger charge is -2.01. The molecular formula is C14H15NO3S. The smallest absolute Gasteiger partial charge is 0.171 e. The molecule has 0 bridgehead atoms. The molecule has 0 amide bonds. The Labute approximate surface area is 116 Å². The highest BCUT2D eigenvalue weighted by Gasteiger charge is 2.16. The van der Waals surface area contributed by atoms with Crippen LogP contribution in [0.2, 0.25) is 0 Å². The average molecular weight is 277 g/mol. The van der Waals surface area contributed by atoms with Crippen molar-refractivity contribution in [2.45, 2.75) is 13.5 Å². The summed E-state index contributed by atoms with van der Waals surface area (Å²) in [5.74, 6) is 0.782. The fourth-order valence-corrected chi connectivity index (χ4v) is 2.70. The second-order valence-corrected chi connectivity index (χ2v) is 5.02. The van der Waals surface area contributed by atoms with E-state index in [4.69, 9.17) is 9.47 Å². The van der Waals surface area contributed by atoms with Crippen LogP contribution in [0.3, 0.4) is 0 Å². The summed E-state index contributed by atoms with van der Waals surface area (Å²) in [6.07, 6.45) is 0. The molecule has 0 spiro atoms. The maximum absolute atomic E-state index is 11.6. The van der Waals surface area contributed by atoms with Crippen molar-refractivity contribution in [3.63, 3.8) is 0 Å². The van der Waals surface area contributed by atoms with Gasteiger partial charge < -0.3 is 9.47 Å². The highest BCUT2D eigenvalue weighted by Crippen LogP contribution is 2.30. The van der Waals surface area contributed by atoms with Crippen LogP contribution < -0.4 is 4.74 Å². The highest BCUT2D eigenvalue weighted by molar-refractivity contribution is 7.17. The third-order valence-electron chi connectivity index (χ3n) is 2.61. The molecule has 0 saturated carbocycles. The van der Waals surface area contributed by atoms with E-state index in [1.54, 1.807) is 21.1 Å². The van der Waals surface area contributed by atoms with Crippen molar-refractivity contribution >= 4 is 17.1 Å². The Morgan fingerprint density at radius 3 is 2.79 bits per heavy atom. The summed E-state index contributed by atoms with van der Waals surface area (Å²) in [7, 11) is 3.22. The highest BCUT2D eigenvalue weighted by atomic mass is 32.1. The average Bonchev–Trinajstić information content (AvgIpc) is 2.83. The lowest BCUT2D eigenvalue weighted by Crippen LogP contribution is -1.97. The summed E-state index contributed by atoms with van der Waals surface area (Å²) in [4.78, 5) is 16.7. The van der Waals surface area contributed by atoms with Crippen molar-refractivity contribution in [3.8, 4) is 16.3 Å². The van der Waals surface area contributed by atoms with E-state index >= 15 is 0 Å². The van der Waals surface area contributed by atoms with Crippen LogP contribution in [0.1, 0.15) is 22.3 Å². The molecule has 0 radical (unpaired) electrons. The number of aromatic nitrogens is 1.